The first kappa shape index (κ1) is 14.6. The molecule has 0 radical (unpaired) electrons. The molecule has 0 unspecified atom stereocenters. The van der Waals surface area contributed by atoms with Gasteiger partial charge < -0.3 is 9.97 Å². The summed E-state index contributed by atoms with van der Waals surface area (Å²) < 4.78 is 0. The minimum atomic E-state index is -0.319. The number of nitrogens with one attached hydrogen (secondary N) is 4. The number of para-hydroxylation sites is 1. The largest absolute Gasteiger partial charge is 0.357 e. The van der Waals surface area contributed by atoms with E-state index in [0.717, 1.165) is 11.2 Å². The first-order valence-electron chi connectivity index (χ1n) is 7.90. The van der Waals surface area contributed by atoms with Crippen LogP contribution in [0.1, 0.15) is 30.0 Å². The van der Waals surface area contributed by atoms with Crippen LogP contribution < -0.4 is 10.7 Å². The van der Waals surface area contributed by atoms with Crippen LogP contribution in [-0.4, -0.2) is 33.1 Å². The Morgan fingerprint density at radius 1 is 1.42 bits per heavy atom. The summed E-state index contributed by atoms with van der Waals surface area (Å²) in [5.74, 6) is 0.444. The van der Waals surface area contributed by atoms with Crippen molar-refractivity contribution in [3.05, 3.63) is 53.7 Å². The molecule has 0 fully saturated rings. The average Bonchev–Trinajstić information content (AvgIpc) is 3.22. The molecule has 3 heterocycles. The Kier molecular flexibility index (Phi) is 3.62. The van der Waals surface area contributed by atoms with E-state index in [4.69, 9.17) is 0 Å². The van der Waals surface area contributed by atoms with E-state index in [1.165, 1.54) is 17.2 Å². The summed E-state index contributed by atoms with van der Waals surface area (Å²) >= 11 is 0. The smallest absolute Gasteiger partial charge is 0.257 e. The summed E-state index contributed by atoms with van der Waals surface area (Å²) in [6.45, 7) is 2.06. The third kappa shape index (κ3) is 2.59. The zero-order valence-corrected chi connectivity index (χ0v) is 13.2. The number of hydrazone groups is 1. The Morgan fingerprint density at radius 2 is 2.29 bits per heavy atom. The number of amides is 1. The van der Waals surface area contributed by atoms with Gasteiger partial charge in [0.2, 0.25) is 0 Å². The normalized spacial score (nSPS) is 20.4. The van der Waals surface area contributed by atoms with Gasteiger partial charge in [-0.25, -0.2) is 10.4 Å². The Labute approximate surface area is 138 Å². The van der Waals surface area contributed by atoms with Gasteiger partial charge in [0.1, 0.15) is 5.82 Å². The van der Waals surface area contributed by atoms with Gasteiger partial charge in [-0.2, -0.15) is 5.10 Å². The SMILES string of the molecule is C[C@@H]1N[C@H](C(=O)N/N=C/c2ncc[nH]2)Cc2c1[nH]c1ccccc21. The highest BCUT2D eigenvalue weighted by Gasteiger charge is 2.30. The number of carbonyl (C=O) groups is 1. The Balaban J connectivity index is 1.52. The first-order chi connectivity index (χ1) is 11.7. The minimum absolute atomic E-state index is 0.0750. The van der Waals surface area contributed by atoms with Crippen LogP contribution >= 0.6 is 0 Å². The van der Waals surface area contributed by atoms with Gasteiger partial charge in [0.25, 0.3) is 5.91 Å². The highest BCUT2D eigenvalue weighted by molar-refractivity contribution is 5.88. The number of carbonyl (C=O) groups excluding carboxylic acids is 1. The lowest BCUT2D eigenvalue weighted by molar-refractivity contribution is -0.123. The maximum atomic E-state index is 12.4. The molecule has 7 heteroatoms. The molecule has 1 aromatic carbocycles. The molecule has 1 amide bonds. The molecule has 0 spiro atoms. The molecule has 0 saturated heterocycles. The van der Waals surface area contributed by atoms with Crippen molar-refractivity contribution in [1.82, 2.24) is 25.7 Å². The number of aromatic amines is 2. The lowest BCUT2D eigenvalue weighted by atomic mass is 9.94. The van der Waals surface area contributed by atoms with Gasteiger partial charge in [-0.1, -0.05) is 18.2 Å². The average molecular weight is 322 g/mol. The Morgan fingerprint density at radius 3 is 3.12 bits per heavy atom. The quantitative estimate of drug-likeness (QED) is 0.435. The predicted molar refractivity (Wildman–Crippen MR) is 91.7 cm³/mol. The molecule has 0 saturated carbocycles. The molecule has 1 aliphatic rings. The summed E-state index contributed by atoms with van der Waals surface area (Å²) in [6, 6.07) is 7.93. The summed E-state index contributed by atoms with van der Waals surface area (Å²) in [5.41, 5.74) is 6.04. The topological polar surface area (TPSA) is 98.0 Å². The predicted octanol–water partition coefficient (Wildman–Crippen LogP) is 1.62. The van der Waals surface area contributed by atoms with E-state index >= 15 is 0 Å². The van der Waals surface area contributed by atoms with E-state index in [0.29, 0.717) is 12.2 Å². The lowest BCUT2D eigenvalue weighted by Gasteiger charge is -2.27. The van der Waals surface area contributed by atoms with Gasteiger partial charge in [0.15, 0.2) is 0 Å². The fraction of sp³-hybridized carbons (Fsp3) is 0.235. The fourth-order valence-corrected chi connectivity index (χ4v) is 3.21. The van der Waals surface area contributed by atoms with Gasteiger partial charge in [-0.3, -0.25) is 10.1 Å². The molecule has 4 N–H and O–H groups in total. The highest BCUT2D eigenvalue weighted by Crippen LogP contribution is 2.31. The zero-order valence-electron chi connectivity index (χ0n) is 13.2. The maximum Gasteiger partial charge on any atom is 0.257 e. The van der Waals surface area contributed by atoms with Gasteiger partial charge in [0.05, 0.1) is 12.3 Å². The number of nitrogens with zero attached hydrogens (tertiary/aromatic N) is 2. The molecule has 4 rings (SSSR count). The number of fused-ring (bicyclic) bond motifs is 3. The van der Waals surface area contributed by atoms with Crippen LogP contribution in [0.4, 0.5) is 0 Å². The standard InChI is InChI=1S/C17H18N6O/c1-10-16-12(11-4-2-3-5-13(11)22-16)8-14(21-10)17(24)23-20-9-15-18-6-7-19-15/h2-7,9-10,14,21-22H,8H2,1H3,(H,18,19)(H,23,24)/b20-9+/t10-,14-/m0/s1. The van der Waals surface area contributed by atoms with Crippen molar-refractivity contribution in [3.63, 3.8) is 0 Å². The van der Waals surface area contributed by atoms with Crippen LogP contribution in [0.2, 0.25) is 0 Å². The number of hydrogen-bond donors (Lipinski definition) is 4. The first-order valence-corrected chi connectivity index (χ1v) is 7.90. The second-order valence-electron chi connectivity index (χ2n) is 5.92. The number of hydrogen-bond acceptors (Lipinski definition) is 4. The molecule has 0 aliphatic carbocycles. The van der Waals surface area contributed by atoms with Gasteiger partial charge in [-0.05, 0) is 25.0 Å². The van der Waals surface area contributed by atoms with Crippen molar-refractivity contribution in [2.45, 2.75) is 25.4 Å². The molecular formula is C17H18N6O. The van der Waals surface area contributed by atoms with E-state index < -0.39 is 0 Å². The Bertz CT molecular complexity index is 895. The van der Waals surface area contributed by atoms with Crippen LogP contribution in [0.5, 0.6) is 0 Å². The summed E-state index contributed by atoms with van der Waals surface area (Å²) in [6.07, 6.45) is 5.45. The van der Waals surface area contributed by atoms with Crippen molar-refractivity contribution in [2.24, 2.45) is 5.10 Å². The Hall–Kier alpha value is -2.93. The van der Waals surface area contributed by atoms with E-state index in [2.05, 4.69) is 49.9 Å². The molecule has 2 atom stereocenters. The van der Waals surface area contributed by atoms with E-state index in [1.54, 1.807) is 12.4 Å². The fourth-order valence-electron chi connectivity index (χ4n) is 3.21. The van der Waals surface area contributed by atoms with Gasteiger partial charge >= 0.3 is 0 Å². The third-order valence-electron chi connectivity index (χ3n) is 4.34. The van der Waals surface area contributed by atoms with Crippen molar-refractivity contribution in [2.75, 3.05) is 0 Å². The van der Waals surface area contributed by atoms with Crippen LogP contribution in [0.25, 0.3) is 10.9 Å². The summed E-state index contributed by atoms with van der Waals surface area (Å²) in [7, 11) is 0. The van der Waals surface area contributed by atoms with Crippen molar-refractivity contribution in [1.29, 1.82) is 0 Å². The van der Waals surface area contributed by atoms with Crippen LogP contribution in [0, 0.1) is 0 Å². The number of imidazole rings is 1. The molecule has 7 nitrogen and oxygen atoms in total. The second kappa shape index (κ2) is 5.93. The zero-order chi connectivity index (χ0) is 16.5. The van der Waals surface area contributed by atoms with E-state index in [9.17, 15) is 4.79 Å². The number of benzene rings is 1. The van der Waals surface area contributed by atoms with Crippen LogP contribution in [-0.2, 0) is 11.2 Å². The van der Waals surface area contributed by atoms with E-state index in [1.807, 2.05) is 12.1 Å². The molecule has 3 aromatic rings. The van der Waals surface area contributed by atoms with Gasteiger partial charge in [0, 0.05) is 35.0 Å². The lowest BCUT2D eigenvalue weighted by Crippen LogP contribution is -2.47. The third-order valence-corrected chi connectivity index (χ3v) is 4.34. The summed E-state index contributed by atoms with van der Waals surface area (Å²) in [5, 5.41) is 8.47. The van der Waals surface area contributed by atoms with Crippen molar-refractivity contribution >= 4 is 23.0 Å². The minimum Gasteiger partial charge on any atom is -0.357 e. The van der Waals surface area contributed by atoms with Crippen LogP contribution in [0.15, 0.2) is 41.8 Å². The molecule has 2 aromatic heterocycles. The molecular weight excluding hydrogens is 304 g/mol. The summed E-state index contributed by atoms with van der Waals surface area (Å²) in [4.78, 5) is 22.8. The van der Waals surface area contributed by atoms with Crippen molar-refractivity contribution < 1.29 is 4.79 Å². The van der Waals surface area contributed by atoms with E-state index in [-0.39, 0.29) is 18.0 Å². The maximum absolute atomic E-state index is 12.4. The molecule has 0 bridgehead atoms. The number of aromatic nitrogens is 3. The second-order valence-corrected chi connectivity index (χ2v) is 5.92. The molecule has 24 heavy (non-hydrogen) atoms. The van der Waals surface area contributed by atoms with Crippen molar-refractivity contribution in [3.8, 4) is 0 Å². The van der Waals surface area contributed by atoms with Gasteiger partial charge in [-0.15, -0.1) is 0 Å². The molecule has 122 valence electrons. The van der Waals surface area contributed by atoms with Crippen LogP contribution in [0.3, 0.4) is 0 Å². The monoisotopic (exact) mass is 322 g/mol. The highest BCUT2D eigenvalue weighted by atomic mass is 16.2. The number of rotatable bonds is 3. The number of H-pyrrole nitrogens is 2. The molecule has 1 aliphatic heterocycles.